The molecule has 152 valence electrons. The van der Waals surface area contributed by atoms with Crippen molar-refractivity contribution < 1.29 is 9.72 Å². The van der Waals surface area contributed by atoms with Gasteiger partial charge in [-0.3, -0.25) is 20.0 Å². The van der Waals surface area contributed by atoms with Crippen LogP contribution in [0.4, 0.5) is 11.4 Å². The molecule has 2 aromatic heterocycles. The zero-order chi connectivity index (χ0) is 21.5. The number of para-hydroxylation sites is 2. The van der Waals surface area contributed by atoms with Gasteiger partial charge in [-0.2, -0.15) is 5.10 Å². The number of fused-ring (bicyclic) bond motifs is 2. The minimum Gasteiger partial charge on any atom is -0.327 e. The molecule has 0 saturated carbocycles. The fourth-order valence-corrected chi connectivity index (χ4v) is 3.62. The summed E-state index contributed by atoms with van der Waals surface area (Å²) in [5.41, 5.74) is 3.84. The van der Waals surface area contributed by atoms with Gasteiger partial charge in [0.2, 0.25) is 0 Å². The monoisotopic (exact) mass is 412 g/mol. The number of aryl methyl sites for hydroxylation is 1. The van der Waals surface area contributed by atoms with Gasteiger partial charge in [-0.1, -0.05) is 24.3 Å². The van der Waals surface area contributed by atoms with Crippen LogP contribution in [0.2, 0.25) is 0 Å². The zero-order valence-corrected chi connectivity index (χ0v) is 16.4. The molecule has 2 heterocycles. The Labute approximate surface area is 175 Å². The Bertz CT molecular complexity index is 1480. The van der Waals surface area contributed by atoms with Crippen molar-refractivity contribution >= 4 is 39.2 Å². The number of carbonyl (C=O) groups is 1. The highest BCUT2D eigenvalue weighted by Crippen LogP contribution is 2.27. The number of hydrogen-bond donors (Lipinski definition) is 2. The average molecular weight is 412 g/mol. The van der Waals surface area contributed by atoms with Crippen LogP contribution >= 0.6 is 0 Å². The number of H-pyrrole nitrogens is 1. The molecular formula is C22H16N6O3. The summed E-state index contributed by atoms with van der Waals surface area (Å²) in [7, 11) is 1.94. The number of nitro benzene ring substituents is 1. The Balaban J connectivity index is 1.48. The number of rotatable bonds is 4. The van der Waals surface area contributed by atoms with Crippen LogP contribution in [-0.4, -0.2) is 30.6 Å². The van der Waals surface area contributed by atoms with E-state index in [2.05, 4.69) is 20.5 Å². The third kappa shape index (κ3) is 3.18. The van der Waals surface area contributed by atoms with Crippen molar-refractivity contribution in [3.8, 4) is 11.4 Å². The molecule has 5 rings (SSSR count). The first-order chi connectivity index (χ1) is 15.0. The minimum absolute atomic E-state index is 0.0897. The van der Waals surface area contributed by atoms with Gasteiger partial charge in [-0.05, 0) is 30.3 Å². The van der Waals surface area contributed by atoms with E-state index in [0.29, 0.717) is 16.6 Å². The number of nitrogens with one attached hydrogen (secondary N) is 2. The average Bonchev–Trinajstić information content (AvgIpc) is 3.35. The van der Waals surface area contributed by atoms with Gasteiger partial charge in [0.15, 0.2) is 5.69 Å². The predicted molar refractivity (Wildman–Crippen MR) is 117 cm³/mol. The third-order valence-corrected chi connectivity index (χ3v) is 5.14. The molecule has 0 fully saturated rings. The van der Waals surface area contributed by atoms with E-state index in [1.165, 1.54) is 18.2 Å². The lowest BCUT2D eigenvalue weighted by atomic mass is 10.1. The van der Waals surface area contributed by atoms with E-state index in [0.717, 1.165) is 22.4 Å². The van der Waals surface area contributed by atoms with E-state index in [1.807, 2.05) is 54.1 Å². The summed E-state index contributed by atoms with van der Waals surface area (Å²) in [6.07, 6.45) is 0. The van der Waals surface area contributed by atoms with E-state index in [1.54, 1.807) is 6.07 Å². The number of hydrogen-bond acceptors (Lipinski definition) is 5. The number of amides is 1. The SMILES string of the molecule is Cn1c(-c2cccc(NC(=O)c3n[nH]c4ccc([N+](=O)[O-])cc34)c2)nc2ccccc21. The van der Waals surface area contributed by atoms with Crippen molar-refractivity contribution in [1.29, 1.82) is 0 Å². The molecule has 0 bridgehead atoms. The standard InChI is InChI=1S/C22H16N6O3/c1-27-19-8-3-2-7-18(19)24-21(27)13-5-4-6-14(11-13)23-22(29)20-16-12-15(28(30)31)9-10-17(16)25-26-20/h2-12H,1H3,(H,23,29)(H,25,26). The summed E-state index contributed by atoms with van der Waals surface area (Å²) in [6.45, 7) is 0. The first-order valence-electron chi connectivity index (χ1n) is 9.47. The number of aromatic nitrogens is 4. The van der Waals surface area contributed by atoms with Crippen LogP contribution in [0.15, 0.2) is 66.7 Å². The summed E-state index contributed by atoms with van der Waals surface area (Å²) < 4.78 is 2.00. The van der Waals surface area contributed by atoms with Crippen LogP contribution in [0.25, 0.3) is 33.3 Å². The van der Waals surface area contributed by atoms with E-state index >= 15 is 0 Å². The summed E-state index contributed by atoms with van der Waals surface area (Å²) in [4.78, 5) is 28.1. The van der Waals surface area contributed by atoms with Crippen LogP contribution < -0.4 is 5.32 Å². The largest absolute Gasteiger partial charge is 0.327 e. The van der Waals surface area contributed by atoms with Crippen molar-refractivity contribution in [1.82, 2.24) is 19.7 Å². The second-order valence-corrected chi connectivity index (χ2v) is 7.08. The molecule has 2 N–H and O–H groups in total. The molecule has 0 aliphatic carbocycles. The van der Waals surface area contributed by atoms with E-state index in [9.17, 15) is 14.9 Å². The van der Waals surface area contributed by atoms with Crippen LogP contribution in [-0.2, 0) is 7.05 Å². The molecule has 0 aliphatic heterocycles. The highest BCUT2D eigenvalue weighted by atomic mass is 16.6. The van der Waals surface area contributed by atoms with Crippen molar-refractivity contribution in [3.63, 3.8) is 0 Å². The lowest BCUT2D eigenvalue weighted by Gasteiger charge is -2.07. The molecule has 0 saturated heterocycles. The van der Waals surface area contributed by atoms with Crippen molar-refractivity contribution in [2.75, 3.05) is 5.32 Å². The Morgan fingerprint density at radius 3 is 2.74 bits per heavy atom. The maximum atomic E-state index is 12.8. The Hall–Kier alpha value is -4.53. The lowest BCUT2D eigenvalue weighted by molar-refractivity contribution is -0.384. The maximum Gasteiger partial charge on any atom is 0.276 e. The van der Waals surface area contributed by atoms with Crippen LogP contribution in [0.5, 0.6) is 0 Å². The smallest absolute Gasteiger partial charge is 0.276 e. The van der Waals surface area contributed by atoms with Crippen LogP contribution in [0.3, 0.4) is 0 Å². The van der Waals surface area contributed by atoms with Crippen molar-refractivity contribution in [3.05, 3.63) is 82.5 Å². The summed E-state index contributed by atoms with van der Waals surface area (Å²) in [5.74, 6) is 0.312. The number of imidazole rings is 1. The molecular weight excluding hydrogens is 396 g/mol. The second kappa shape index (κ2) is 7.06. The third-order valence-electron chi connectivity index (χ3n) is 5.14. The topological polar surface area (TPSA) is 119 Å². The first kappa shape index (κ1) is 18.5. The number of carbonyl (C=O) groups excluding carboxylic acids is 1. The lowest BCUT2D eigenvalue weighted by Crippen LogP contribution is -2.13. The molecule has 31 heavy (non-hydrogen) atoms. The first-order valence-corrected chi connectivity index (χ1v) is 9.47. The van der Waals surface area contributed by atoms with Crippen molar-refractivity contribution in [2.45, 2.75) is 0 Å². The summed E-state index contributed by atoms with van der Waals surface area (Å²) in [6, 6.07) is 19.4. The van der Waals surface area contributed by atoms with Gasteiger partial charge in [0, 0.05) is 35.8 Å². The summed E-state index contributed by atoms with van der Waals surface area (Å²) >= 11 is 0. The molecule has 3 aromatic carbocycles. The van der Waals surface area contributed by atoms with Gasteiger partial charge in [-0.25, -0.2) is 4.98 Å². The number of nitrogens with zero attached hydrogens (tertiary/aromatic N) is 4. The molecule has 5 aromatic rings. The van der Waals surface area contributed by atoms with Gasteiger partial charge in [-0.15, -0.1) is 0 Å². The van der Waals surface area contributed by atoms with Gasteiger partial charge in [0.25, 0.3) is 11.6 Å². The van der Waals surface area contributed by atoms with Gasteiger partial charge in [0.05, 0.1) is 21.5 Å². The molecule has 0 aliphatic rings. The fraction of sp³-hybridized carbons (Fsp3) is 0.0455. The van der Waals surface area contributed by atoms with Gasteiger partial charge < -0.3 is 9.88 Å². The van der Waals surface area contributed by atoms with E-state index in [-0.39, 0.29) is 11.4 Å². The fourth-order valence-electron chi connectivity index (χ4n) is 3.62. The van der Waals surface area contributed by atoms with E-state index < -0.39 is 10.8 Å². The molecule has 9 heteroatoms. The predicted octanol–water partition coefficient (Wildman–Crippen LogP) is 4.28. The highest BCUT2D eigenvalue weighted by Gasteiger charge is 2.18. The van der Waals surface area contributed by atoms with Crippen LogP contribution in [0, 0.1) is 10.1 Å². The molecule has 0 unspecified atom stereocenters. The number of aromatic amines is 1. The highest BCUT2D eigenvalue weighted by molar-refractivity contribution is 6.11. The quantitative estimate of drug-likeness (QED) is 0.337. The molecule has 0 radical (unpaired) electrons. The zero-order valence-electron chi connectivity index (χ0n) is 16.4. The second-order valence-electron chi connectivity index (χ2n) is 7.08. The molecule has 0 atom stereocenters. The van der Waals surface area contributed by atoms with Crippen molar-refractivity contribution in [2.24, 2.45) is 7.05 Å². The number of benzene rings is 3. The normalized spacial score (nSPS) is 11.1. The van der Waals surface area contributed by atoms with Gasteiger partial charge >= 0.3 is 0 Å². The van der Waals surface area contributed by atoms with Gasteiger partial charge in [0.1, 0.15) is 5.82 Å². The molecule has 9 nitrogen and oxygen atoms in total. The summed E-state index contributed by atoms with van der Waals surface area (Å²) in [5, 5.41) is 21.1. The maximum absolute atomic E-state index is 12.8. The minimum atomic E-state index is -0.506. The van der Waals surface area contributed by atoms with Crippen LogP contribution in [0.1, 0.15) is 10.5 Å². The molecule has 0 spiro atoms. The number of anilines is 1. The number of non-ortho nitro benzene ring substituents is 1. The Morgan fingerprint density at radius 1 is 1.10 bits per heavy atom. The molecule has 1 amide bonds. The number of nitro groups is 1. The Kier molecular flexibility index (Phi) is 4.21. The van der Waals surface area contributed by atoms with E-state index in [4.69, 9.17) is 0 Å². The Morgan fingerprint density at radius 2 is 1.94 bits per heavy atom.